The SMILES string of the molecule is CCC1(CC)CN(Cc2cc(Br)cc3c2OCC3)CCN1. The summed E-state index contributed by atoms with van der Waals surface area (Å²) in [6.07, 6.45) is 3.41. The van der Waals surface area contributed by atoms with Gasteiger partial charge in [-0.1, -0.05) is 29.8 Å². The van der Waals surface area contributed by atoms with Crippen molar-refractivity contribution in [1.29, 1.82) is 0 Å². The number of benzene rings is 1. The standard InChI is InChI=1S/C17H25BrN2O/c1-3-17(4-2)12-20(7-6-19-17)11-14-10-15(18)9-13-5-8-21-16(13)14/h9-10,19H,3-8,11-12H2,1-2H3. The predicted molar refractivity (Wildman–Crippen MR) is 89.9 cm³/mol. The van der Waals surface area contributed by atoms with E-state index in [9.17, 15) is 0 Å². The molecule has 3 nitrogen and oxygen atoms in total. The van der Waals surface area contributed by atoms with E-state index in [1.54, 1.807) is 0 Å². The summed E-state index contributed by atoms with van der Waals surface area (Å²) in [7, 11) is 0. The molecule has 0 atom stereocenters. The molecular weight excluding hydrogens is 328 g/mol. The van der Waals surface area contributed by atoms with Gasteiger partial charge in [0.2, 0.25) is 0 Å². The molecule has 1 aromatic rings. The third-order valence-electron chi connectivity index (χ3n) is 5.03. The first-order valence-corrected chi connectivity index (χ1v) is 8.86. The molecule has 0 amide bonds. The van der Waals surface area contributed by atoms with E-state index in [1.165, 1.54) is 28.4 Å². The molecule has 116 valence electrons. The highest BCUT2D eigenvalue weighted by atomic mass is 79.9. The van der Waals surface area contributed by atoms with Crippen LogP contribution in [0.3, 0.4) is 0 Å². The first-order valence-electron chi connectivity index (χ1n) is 8.07. The molecule has 2 aliphatic rings. The Kier molecular flexibility index (Phi) is 4.57. The van der Waals surface area contributed by atoms with Crippen molar-refractivity contribution in [2.75, 3.05) is 26.2 Å². The number of ether oxygens (including phenoxy) is 1. The maximum atomic E-state index is 5.87. The minimum absolute atomic E-state index is 0.286. The molecule has 0 radical (unpaired) electrons. The molecule has 3 rings (SSSR count). The minimum Gasteiger partial charge on any atom is -0.493 e. The summed E-state index contributed by atoms with van der Waals surface area (Å²) in [5.74, 6) is 1.13. The average Bonchev–Trinajstić information content (AvgIpc) is 2.95. The second kappa shape index (κ2) is 6.27. The fourth-order valence-corrected chi connectivity index (χ4v) is 4.16. The van der Waals surface area contributed by atoms with Crippen molar-refractivity contribution in [3.05, 3.63) is 27.7 Å². The summed E-state index contributed by atoms with van der Waals surface area (Å²) < 4.78 is 7.04. The van der Waals surface area contributed by atoms with Gasteiger partial charge >= 0.3 is 0 Å². The van der Waals surface area contributed by atoms with Crippen molar-refractivity contribution in [2.45, 2.75) is 45.2 Å². The summed E-state index contributed by atoms with van der Waals surface area (Å²) in [5, 5.41) is 3.73. The van der Waals surface area contributed by atoms with E-state index in [-0.39, 0.29) is 5.54 Å². The Morgan fingerprint density at radius 3 is 2.90 bits per heavy atom. The molecule has 1 aromatic carbocycles. The first kappa shape index (κ1) is 15.3. The Balaban J connectivity index is 1.78. The van der Waals surface area contributed by atoms with Gasteiger partial charge in [-0.3, -0.25) is 4.90 Å². The largest absolute Gasteiger partial charge is 0.493 e. The Morgan fingerprint density at radius 1 is 1.33 bits per heavy atom. The van der Waals surface area contributed by atoms with Gasteiger partial charge in [0.15, 0.2) is 0 Å². The average molecular weight is 353 g/mol. The molecule has 0 unspecified atom stereocenters. The van der Waals surface area contributed by atoms with Gasteiger partial charge in [0.25, 0.3) is 0 Å². The number of hydrogen-bond acceptors (Lipinski definition) is 3. The summed E-state index contributed by atoms with van der Waals surface area (Å²) in [6, 6.07) is 4.43. The summed E-state index contributed by atoms with van der Waals surface area (Å²) >= 11 is 3.64. The van der Waals surface area contributed by atoms with E-state index in [2.05, 4.69) is 52.1 Å². The van der Waals surface area contributed by atoms with Gasteiger partial charge in [-0.2, -0.15) is 0 Å². The van der Waals surface area contributed by atoms with Crippen LogP contribution in [0, 0.1) is 0 Å². The van der Waals surface area contributed by atoms with E-state index in [0.717, 1.165) is 45.0 Å². The monoisotopic (exact) mass is 352 g/mol. The summed E-state index contributed by atoms with van der Waals surface area (Å²) in [6.45, 7) is 9.72. The van der Waals surface area contributed by atoms with Crippen LogP contribution < -0.4 is 10.1 Å². The maximum absolute atomic E-state index is 5.87. The van der Waals surface area contributed by atoms with Crippen LogP contribution in [0.5, 0.6) is 5.75 Å². The van der Waals surface area contributed by atoms with Crippen LogP contribution in [-0.4, -0.2) is 36.7 Å². The third kappa shape index (κ3) is 3.13. The van der Waals surface area contributed by atoms with Gasteiger partial charge in [-0.25, -0.2) is 0 Å². The van der Waals surface area contributed by atoms with E-state index in [1.807, 2.05) is 0 Å². The molecule has 1 saturated heterocycles. The maximum Gasteiger partial charge on any atom is 0.127 e. The highest BCUT2D eigenvalue weighted by Gasteiger charge is 2.32. The molecule has 0 bridgehead atoms. The molecule has 21 heavy (non-hydrogen) atoms. The quantitative estimate of drug-likeness (QED) is 0.899. The number of piperazine rings is 1. The number of halogens is 1. The van der Waals surface area contributed by atoms with Gasteiger partial charge in [0, 0.05) is 48.2 Å². The second-order valence-electron chi connectivity index (χ2n) is 6.28. The zero-order chi connectivity index (χ0) is 14.9. The number of fused-ring (bicyclic) bond motifs is 1. The van der Waals surface area contributed by atoms with Gasteiger partial charge < -0.3 is 10.1 Å². The first-order chi connectivity index (χ1) is 10.2. The van der Waals surface area contributed by atoms with Gasteiger partial charge in [0.05, 0.1) is 6.61 Å². The molecule has 0 aliphatic carbocycles. The van der Waals surface area contributed by atoms with Crippen LogP contribution in [0.2, 0.25) is 0 Å². The van der Waals surface area contributed by atoms with Gasteiger partial charge in [-0.05, 0) is 30.5 Å². The Hall–Kier alpha value is -0.580. The molecule has 0 spiro atoms. The minimum atomic E-state index is 0.286. The van der Waals surface area contributed by atoms with Crippen molar-refractivity contribution >= 4 is 15.9 Å². The number of hydrogen-bond donors (Lipinski definition) is 1. The van der Waals surface area contributed by atoms with Crippen molar-refractivity contribution < 1.29 is 4.74 Å². The van der Waals surface area contributed by atoms with Crippen molar-refractivity contribution in [3.8, 4) is 5.75 Å². The molecule has 1 N–H and O–H groups in total. The lowest BCUT2D eigenvalue weighted by molar-refractivity contribution is 0.117. The highest BCUT2D eigenvalue weighted by molar-refractivity contribution is 9.10. The van der Waals surface area contributed by atoms with Crippen LogP contribution in [-0.2, 0) is 13.0 Å². The van der Waals surface area contributed by atoms with Crippen molar-refractivity contribution in [1.82, 2.24) is 10.2 Å². The molecule has 2 aliphatic heterocycles. The third-order valence-corrected chi connectivity index (χ3v) is 5.48. The zero-order valence-corrected chi connectivity index (χ0v) is 14.6. The fourth-order valence-electron chi connectivity index (χ4n) is 3.61. The van der Waals surface area contributed by atoms with Crippen LogP contribution in [0.15, 0.2) is 16.6 Å². The lowest BCUT2D eigenvalue weighted by Gasteiger charge is -2.43. The van der Waals surface area contributed by atoms with Crippen LogP contribution >= 0.6 is 15.9 Å². The molecule has 4 heteroatoms. The van der Waals surface area contributed by atoms with Crippen molar-refractivity contribution in [2.24, 2.45) is 0 Å². The second-order valence-corrected chi connectivity index (χ2v) is 7.19. The van der Waals surface area contributed by atoms with Crippen LogP contribution in [0.4, 0.5) is 0 Å². The zero-order valence-electron chi connectivity index (χ0n) is 13.0. The van der Waals surface area contributed by atoms with E-state index < -0.39 is 0 Å². The predicted octanol–water partition coefficient (Wildman–Crippen LogP) is 3.35. The molecule has 2 heterocycles. The molecule has 0 saturated carbocycles. The number of rotatable bonds is 4. The summed E-state index contributed by atoms with van der Waals surface area (Å²) in [4.78, 5) is 2.58. The Labute approximate surface area is 136 Å². The lowest BCUT2D eigenvalue weighted by atomic mass is 9.90. The Bertz CT molecular complexity index is 514. The highest BCUT2D eigenvalue weighted by Crippen LogP contribution is 2.34. The van der Waals surface area contributed by atoms with E-state index in [4.69, 9.17) is 4.74 Å². The normalized spacial score (nSPS) is 21.1. The van der Waals surface area contributed by atoms with E-state index in [0.29, 0.717) is 0 Å². The van der Waals surface area contributed by atoms with E-state index >= 15 is 0 Å². The van der Waals surface area contributed by atoms with Crippen molar-refractivity contribution in [3.63, 3.8) is 0 Å². The topological polar surface area (TPSA) is 24.5 Å². The van der Waals surface area contributed by atoms with Crippen LogP contribution in [0.25, 0.3) is 0 Å². The smallest absolute Gasteiger partial charge is 0.127 e. The Morgan fingerprint density at radius 2 is 2.14 bits per heavy atom. The fraction of sp³-hybridized carbons (Fsp3) is 0.647. The molecule has 1 fully saturated rings. The van der Waals surface area contributed by atoms with Gasteiger partial charge in [0.1, 0.15) is 5.75 Å². The number of nitrogens with one attached hydrogen (secondary N) is 1. The number of nitrogens with zero attached hydrogens (tertiary/aromatic N) is 1. The molecular formula is C17H25BrN2O. The lowest BCUT2D eigenvalue weighted by Crippen LogP contribution is -2.59. The van der Waals surface area contributed by atoms with Gasteiger partial charge in [-0.15, -0.1) is 0 Å². The molecule has 0 aromatic heterocycles. The van der Waals surface area contributed by atoms with Crippen LogP contribution in [0.1, 0.15) is 37.8 Å². The summed E-state index contributed by atoms with van der Waals surface area (Å²) in [5.41, 5.74) is 2.97.